The van der Waals surface area contributed by atoms with Crippen molar-refractivity contribution in [2.45, 2.75) is 37.5 Å². The minimum Gasteiger partial charge on any atom is -0.368 e. The second-order valence-corrected chi connectivity index (χ2v) is 9.22. The molecule has 4 heterocycles. The lowest BCUT2D eigenvalue weighted by molar-refractivity contribution is -0.141. The number of alkyl halides is 3. The molecule has 36 heavy (non-hydrogen) atoms. The molecule has 0 atom stereocenters. The molecule has 0 spiro atoms. The Balaban J connectivity index is 1.24. The summed E-state index contributed by atoms with van der Waals surface area (Å²) in [5.41, 5.74) is 5.98. The van der Waals surface area contributed by atoms with Crippen molar-refractivity contribution in [2.75, 3.05) is 11.1 Å². The van der Waals surface area contributed by atoms with Gasteiger partial charge in [0.25, 0.3) is 0 Å². The first-order chi connectivity index (χ1) is 17.1. The number of halogens is 3. The van der Waals surface area contributed by atoms with Crippen LogP contribution in [0.3, 0.4) is 0 Å². The van der Waals surface area contributed by atoms with Crippen LogP contribution >= 0.6 is 0 Å². The Labute approximate surface area is 200 Å². The summed E-state index contributed by atoms with van der Waals surface area (Å²) < 4.78 is 40.8. The van der Waals surface area contributed by atoms with Crippen LogP contribution in [0.5, 0.6) is 0 Å². The first-order valence-electron chi connectivity index (χ1n) is 11.0. The lowest BCUT2D eigenvalue weighted by Crippen LogP contribution is -2.59. The van der Waals surface area contributed by atoms with Crippen molar-refractivity contribution in [1.82, 2.24) is 34.5 Å². The number of rotatable bonds is 6. The molecular formula is C22H18F3N9O2. The lowest BCUT2D eigenvalue weighted by Gasteiger charge is -2.62. The SMILES string of the molecule is Nc1ncc2c(C(=O)c3cncc(NC(=O)Cn4cc(C(F)(F)F)nn4)c3)cn(C34CC(C3)C4)c2n1. The zero-order valence-electron chi connectivity index (χ0n) is 18.5. The maximum absolute atomic E-state index is 13.4. The molecule has 3 saturated carbocycles. The predicted octanol–water partition coefficient (Wildman–Crippen LogP) is 2.40. The highest BCUT2D eigenvalue weighted by molar-refractivity contribution is 6.16. The number of aromatic nitrogens is 7. The Bertz CT molecular complexity index is 1520. The molecule has 1 amide bonds. The molecule has 7 rings (SSSR count). The maximum Gasteiger partial charge on any atom is 0.436 e. The van der Waals surface area contributed by atoms with Gasteiger partial charge in [0.1, 0.15) is 12.2 Å². The molecule has 3 fully saturated rings. The molecule has 0 aliphatic heterocycles. The van der Waals surface area contributed by atoms with Gasteiger partial charge >= 0.3 is 6.18 Å². The van der Waals surface area contributed by atoms with Crippen molar-refractivity contribution in [3.05, 3.63) is 53.9 Å². The first-order valence-corrected chi connectivity index (χ1v) is 11.0. The summed E-state index contributed by atoms with van der Waals surface area (Å²) in [5, 5.41) is 9.41. The summed E-state index contributed by atoms with van der Waals surface area (Å²) in [6, 6.07) is 1.44. The van der Waals surface area contributed by atoms with Crippen LogP contribution < -0.4 is 11.1 Å². The Hall–Kier alpha value is -4.36. The highest BCUT2D eigenvalue weighted by atomic mass is 19.4. The lowest BCUT2D eigenvalue weighted by atomic mass is 9.49. The molecule has 4 aromatic rings. The van der Waals surface area contributed by atoms with Gasteiger partial charge < -0.3 is 15.6 Å². The standard InChI is InChI=1S/C22H18F3N9O2/c23-22(24,25)16-9-33(32-31-16)10-17(35)29-13-1-12(5-27-6-13)18(36)15-8-34(21-2-11(3-21)4-21)19-14(15)7-28-20(26)30-19/h1,5-9,11H,2-4,10H2,(H,29,35)(H2,26,28,30). The van der Waals surface area contributed by atoms with Crippen molar-refractivity contribution < 1.29 is 22.8 Å². The number of amides is 1. The van der Waals surface area contributed by atoms with E-state index in [1.54, 1.807) is 6.20 Å². The van der Waals surface area contributed by atoms with E-state index in [1.807, 2.05) is 4.57 Å². The third-order valence-corrected chi connectivity index (χ3v) is 6.74. The topological polar surface area (TPSA) is 146 Å². The van der Waals surface area contributed by atoms with Gasteiger partial charge in [0.2, 0.25) is 11.9 Å². The second kappa shape index (κ2) is 7.57. The number of hydrogen-bond acceptors (Lipinski definition) is 8. The number of nitrogen functional groups attached to an aromatic ring is 1. The number of ketones is 1. The molecule has 3 aliphatic carbocycles. The summed E-state index contributed by atoms with van der Waals surface area (Å²) in [6.45, 7) is -0.503. The quantitative estimate of drug-likeness (QED) is 0.386. The number of carbonyl (C=O) groups excluding carboxylic acids is 2. The summed E-state index contributed by atoms with van der Waals surface area (Å²) in [4.78, 5) is 38.2. The van der Waals surface area contributed by atoms with Crippen LogP contribution in [0.1, 0.15) is 40.9 Å². The average molecular weight is 497 g/mol. The van der Waals surface area contributed by atoms with Crippen molar-refractivity contribution >= 4 is 34.4 Å². The van der Waals surface area contributed by atoms with E-state index in [4.69, 9.17) is 5.73 Å². The van der Waals surface area contributed by atoms with Gasteiger partial charge in [-0.2, -0.15) is 18.2 Å². The van der Waals surface area contributed by atoms with Crippen LogP contribution in [-0.4, -0.2) is 46.2 Å². The fraction of sp³-hybridized carbons (Fsp3) is 0.318. The molecule has 4 aromatic heterocycles. The molecule has 11 nitrogen and oxygen atoms in total. The molecule has 14 heteroatoms. The molecule has 184 valence electrons. The van der Waals surface area contributed by atoms with Gasteiger partial charge in [0.05, 0.1) is 23.6 Å². The van der Waals surface area contributed by atoms with Gasteiger partial charge in [-0.05, 0) is 31.2 Å². The molecule has 0 radical (unpaired) electrons. The van der Waals surface area contributed by atoms with E-state index >= 15 is 0 Å². The Morgan fingerprint density at radius 3 is 2.61 bits per heavy atom. The van der Waals surface area contributed by atoms with E-state index in [2.05, 4.69) is 30.6 Å². The van der Waals surface area contributed by atoms with Crippen LogP contribution in [0.15, 0.2) is 37.1 Å². The summed E-state index contributed by atoms with van der Waals surface area (Å²) in [5.74, 6) is -0.172. The van der Waals surface area contributed by atoms with Crippen molar-refractivity contribution in [1.29, 1.82) is 0 Å². The molecular weight excluding hydrogens is 479 g/mol. The molecule has 0 unspecified atom stereocenters. The minimum absolute atomic E-state index is 0.0380. The van der Waals surface area contributed by atoms with Gasteiger partial charge in [-0.1, -0.05) is 5.21 Å². The number of carbonyl (C=O) groups is 2. The van der Waals surface area contributed by atoms with Gasteiger partial charge in [0, 0.05) is 35.1 Å². The van der Waals surface area contributed by atoms with Gasteiger partial charge in [0.15, 0.2) is 11.5 Å². The maximum atomic E-state index is 13.4. The van der Waals surface area contributed by atoms with Crippen LogP contribution in [0.25, 0.3) is 11.0 Å². The second-order valence-electron chi connectivity index (χ2n) is 9.22. The van der Waals surface area contributed by atoms with Crippen LogP contribution in [0, 0.1) is 5.92 Å². The predicted molar refractivity (Wildman–Crippen MR) is 119 cm³/mol. The van der Waals surface area contributed by atoms with Crippen LogP contribution in [0.2, 0.25) is 0 Å². The Kier molecular flexibility index (Phi) is 4.65. The summed E-state index contributed by atoms with van der Waals surface area (Å²) >= 11 is 0. The number of hydrogen-bond donors (Lipinski definition) is 2. The van der Waals surface area contributed by atoms with Crippen molar-refractivity contribution in [3.63, 3.8) is 0 Å². The van der Waals surface area contributed by atoms with E-state index < -0.39 is 24.3 Å². The van der Waals surface area contributed by atoms with Gasteiger partial charge in [-0.3, -0.25) is 14.6 Å². The summed E-state index contributed by atoms with van der Waals surface area (Å²) in [6.07, 6.45) is 5.08. The largest absolute Gasteiger partial charge is 0.436 e. The third kappa shape index (κ3) is 3.56. The van der Waals surface area contributed by atoms with Crippen LogP contribution in [0.4, 0.5) is 24.8 Å². The number of nitrogens with zero attached hydrogens (tertiary/aromatic N) is 7. The van der Waals surface area contributed by atoms with E-state index in [0.29, 0.717) is 28.7 Å². The Morgan fingerprint density at radius 1 is 1.17 bits per heavy atom. The van der Waals surface area contributed by atoms with Gasteiger partial charge in [-0.25, -0.2) is 9.67 Å². The molecule has 3 aliphatic rings. The smallest absolute Gasteiger partial charge is 0.368 e. The van der Waals surface area contributed by atoms with Crippen molar-refractivity contribution in [3.8, 4) is 0 Å². The molecule has 0 aromatic carbocycles. The fourth-order valence-electron chi connectivity index (χ4n) is 4.93. The highest BCUT2D eigenvalue weighted by Gasteiger charge is 2.58. The number of nitrogens with two attached hydrogens (primary N) is 1. The first kappa shape index (κ1) is 22.1. The van der Waals surface area contributed by atoms with E-state index in [0.717, 1.165) is 23.9 Å². The van der Waals surface area contributed by atoms with Crippen molar-refractivity contribution in [2.24, 2.45) is 5.92 Å². The fourth-order valence-corrected chi connectivity index (χ4v) is 4.93. The van der Waals surface area contributed by atoms with Crippen LogP contribution in [-0.2, 0) is 23.1 Å². The highest BCUT2D eigenvalue weighted by Crippen LogP contribution is 2.63. The minimum atomic E-state index is -4.66. The van der Waals surface area contributed by atoms with E-state index in [-0.39, 0.29) is 28.5 Å². The van der Waals surface area contributed by atoms with E-state index in [1.165, 1.54) is 24.7 Å². The summed E-state index contributed by atoms with van der Waals surface area (Å²) in [7, 11) is 0. The Morgan fingerprint density at radius 2 is 1.94 bits per heavy atom. The molecule has 0 saturated heterocycles. The molecule has 3 N–H and O–H groups in total. The monoisotopic (exact) mass is 497 g/mol. The third-order valence-electron chi connectivity index (χ3n) is 6.74. The van der Waals surface area contributed by atoms with Gasteiger partial charge in [-0.15, -0.1) is 5.10 Å². The normalized spacial score (nSPS) is 20.6. The number of anilines is 2. The molecule has 2 bridgehead atoms. The number of pyridine rings is 1. The zero-order chi connectivity index (χ0) is 25.2. The number of nitrogens with one attached hydrogen (secondary N) is 1. The number of fused-ring (bicyclic) bond motifs is 1. The van der Waals surface area contributed by atoms with E-state index in [9.17, 15) is 22.8 Å². The average Bonchev–Trinajstić information content (AvgIpc) is 3.36. The zero-order valence-corrected chi connectivity index (χ0v) is 18.5.